The van der Waals surface area contributed by atoms with E-state index in [4.69, 9.17) is 11.5 Å². The molecule has 0 atom stereocenters. The van der Waals surface area contributed by atoms with Crippen molar-refractivity contribution in [2.45, 2.75) is 16.7 Å². The summed E-state index contributed by atoms with van der Waals surface area (Å²) in [7, 11) is -7.43. The van der Waals surface area contributed by atoms with E-state index in [9.17, 15) is 21.6 Å². The zero-order chi connectivity index (χ0) is 26.3. The normalized spacial score (nSPS) is 11.1. The fourth-order valence-electron chi connectivity index (χ4n) is 2.89. The molecule has 0 fully saturated rings. The lowest BCUT2D eigenvalue weighted by molar-refractivity contribution is -0.117. The Morgan fingerprint density at radius 1 is 0.750 bits per heavy atom. The fourth-order valence-corrected chi connectivity index (χ4v) is 4.93. The van der Waals surface area contributed by atoms with Crippen LogP contribution in [-0.4, -0.2) is 32.5 Å². The highest BCUT2D eigenvalue weighted by molar-refractivity contribution is 7.92. The van der Waals surface area contributed by atoms with E-state index in [1.54, 1.807) is 18.2 Å². The molecule has 0 aliphatic rings. The number of carbonyl (C=O) groups is 1. The fraction of sp³-hybridized carbons (Fsp3) is 0.0435. The molecule has 4 rings (SSSR count). The molecule has 0 saturated carbocycles. The molecule has 4 aromatic rings. The van der Waals surface area contributed by atoms with Crippen molar-refractivity contribution in [3.63, 3.8) is 0 Å². The molecule has 1 amide bonds. The van der Waals surface area contributed by atoms with Crippen LogP contribution in [-0.2, 0) is 24.8 Å². The van der Waals surface area contributed by atoms with Gasteiger partial charge in [0.1, 0.15) is 5.82 Å². The molecule has 3 aromatic carbocycles. The summed E-state index contributed by atoms with van der Waals surface area (Å²) in [6.07, 6.45) is 1.54. The lowest BCUT2D eigenvalue weighted by Gasteiger charge is -2.10. The van der Waals surface area contributed by atoms with Gasteiger partial charge in [-0.2, -0.15) is 5.10 Å². The summed E-state index contributed by atoms with van der Waals surface area (Å²) in [5.74, 6) is -0.259. The van der Waals surface area contributed by atoms with E-state index >= 15 is 0 Å². The van der Waals surface area contributed by atoms with Crippen LogP contribution in [0.2, 0.25) is 0 Å². The minimum absolute atomic E-state index is 0.0156. The van der Waals surface area contributed by atoms with Crippen molar-refractivity contribution >= 4 is 43.1 Å². The highest BCUT2D eigenvalue weighted by atomic mass is 32.2. The predicted molar refractivity (Wildman–Crippen MR) is 137 cm³/mol. The minimum Gasteiger partial charge on any atom is -0.399 e. The number of nitrogens with zero attached hydrogens (tertiary/aromatic N) is 2. The van der Waals surface area contributed by atoms with Gasteiger partial charge in [0.25, 0.3) is 20.0 Å². The number of anilines is 3. The van der Waals surface area contributed by atoms with Gasteiger partial charge < -0.3 is 11.5 Å². The summed E-state index contributed by atoms with van der Waals surface area (Å²) in [5, 5.41) is 4.15. The Bertz CT molecular complexity index is 1530. The average Bonchev–Trinajstić information content (AvgIpc) is 3.27. The van der Waals surface area contributed by atoms with Gasteiger partial charge in [-0.3, -0.25) is 9.52 Å². The number of amides is 1. The second-order valence-corrected chi connectivity index (χ2v) is 10.7. The summed E-state index contributed by atoms with van der Waals surface area (Å²) in [5.41, 5.74) is 12.7. The van der Waals surface area contributed by atoms with Crippen LogP contribution in [0.3, 0.4) is 0 Å². The molecular formula is C23H24N6O5S2. The first-order chi connectivity index (χ1) is 17.0. The van der Waals surface area contributed by atoms with Crippen LogP contribution < -0.4 is 20.9 Å². The zero-order valence-corrected chi connectivity index (χ0v) is 20.7. The third-order valence-corrected chi connectivity index (χ3v) is 7.36. The predicted octanol–water partition coefficient (Wildman–Crippen LogP) is 2.35. The van der Waals surface area contributed by atoms with Crippen molar-refractivity contribution in [2.75, 3.05) is 16.2 Å². The van der Waals surface area contributed by atoms with Gasteiger partial charge in [0, 0.05) is 24.4 Å². The monoisotopic (exact) mass is 528 g/mol. The van der Waals surface area contributed by atoms with Crippen molar-refractivity contribution in [2.24, 2.45) is 0 Å². The lowest BCUT2D eigenvalue weighted by atomic mass is 10.3. The molecule has 0 radical (unpaired) electrons. The number of rotatable bonds is 6. The van der Waals surface area contributed by atoms with E-state index in [2.05, 4.69) is 9.82 Å². The average molecular weight is 529 g/mol. The van der Waals surface area contributed by atoms with Crippen LogP contribution in [0.5, 0.6) is 0 Å². The van der Waals surface area contributed by atoms with Gasteiger partial charge >= 0.3 is 0 Å². The molecule has 0 saturated heterocycles. The molecule has 0 spiro atoms. The summed E-state index contributed by atoms with van der Waals surface area (Å²) >= 11 is 0. The van der Waals surface area contributed by atoms with E-state index < -0.39 is 26.0 Å². The minimum atomic E-state index is -3.73. The molecule has 0 aliphatic heterocycles. The maximum absolute atomic E-state index is 12.4. The number of aromatic nitrogens is 2. The van der Waals surface area contributed by atoms with Crippen LogP contribution in [0.1, 0.15) is 6.92 Å². The van der Waals surface area contributed by atoms with Gasteiger partial charge in [-0.25, -0.2) is 26.2 Å². The summed E-state index contributed by atoms with van der Waals surface area (Å²) in [6, 6.07) is 22.5. The standard InChI is InChI=1S/C15H14N4O2S.C8H10N2O3S/c16-12-6-8-14(9-7-12)22(20,21)18-15-10-11-17-19(15)13-4-2-1-3-5-13;1-6(11)10-14(12,13)8-4-2-7(9)3-5-8/h1-11,18H,16H2;2-5H,9H2,1H3,(H,10,11). The van der Waals surface area contributed by atoms with Crippen molar-refractivity contribution in [3.8, 4) is 5.69 Å². The maximum atomic E-state index is 12.4. The highest BCUT2D eigenvalue weighted by Gasteiger charge is 2.17. The van der Waals surface area contributed by atoms with E-state index in [1.165, 1.54) is 47.3 Å². The van der Waals surface area contributed by atoms with E-state index in [1.807, 2.05) is 35.1 Å². The SMILES string of the molecule is CC(=O)NS(=O)(=O)c1ccc(N)cc1.Nc1ccc(S(=O)(=O)Nc2ccnn2-c2ccccc2)cc1. The van der Waals surface area contributed by atoms with Crippen LogP contribution in [0.4, 0.5) is 17.2 Å². The van der Waals surface area contributed by atoms with Crippen molar-refractivity contribution < 1.29 is 21.6 Å². The van der Waals surface area contributed by atoms with Gasteiger partial charge in [-0.05, 0) is 60.7 Å². The number of para-hydroxylation sites is 1. The quantitative estimate of drug-likeness (QED) is 0.275. The number of benzene rings is 3. The number of hydrogen-bond donors (Lipinski definition) is 4. The molecule has 6 N–H and O–H groups in total. The largest absolute Gasteiger partial charge is 0.399 e. The molecule has 1 aromatic heterocycles. The van der Waals surface area contributed by atoms with Crippen LogP contribution >= 0.6 is 0 Å². The number of nitrogens with two attached hydrogens (primary N) is 2. The van der Waals surface area contributed by atoms with Crippen LogP contribution in [0.25, 0.3) is 5.69 Å². The first-order valence-corrected chi connectivity index (χ1v) is 13.3. The van der Waals surface area contributed by atoms with Crippen molar-refractivity contribution in [3.05, 3.63) is 91.1 Å². The maximum Gasteiger partial charge on any atom is 0.264 e. The summed E-state index contributed by atoms with van der Waals surface area (Å²) in [4.78, 5) is 10.7. The second-order valence-electron chi connectivity index (χ2n) is 7.37. The Balaban J connectivity index is 0.000000223. The first kappa shape index (κ1) is 26.2. The third kappa shape index (κ3) is 6.84. The van der Waals surface area contributed by atoms with Gasteiger partial charge in [0.05, 0.1) is 21.7 Å². The Morgan fingerprint density at radius 2 is 1.25 bits per heavy atom. The smallest absolute Gasteiger partial charge is 0.264 e. The molecule has 0 aliphatic carbocycles. The lowest BCUT2D eigenvalue weighted by Crippen LogP contribution is -2.28. The van der Waals surface area contributed by atoms with Crippen LogP contribution in [0.15, 0.2) is 101 Å². The van der Waals surface area contributed by atoms with E-state index in [0.717, 1.165) is 12.6 Å². The summed E-state index contributed by atoms with van der Waals surface area (Å²) in [6.45, 7) is 1.13. The number of hydrogen-bond acceptors (Lipinski definition) is 8. The molecule has 13 heteroatoms. The Labute approximate surface area is 208 Å². The molecule has 36 heavy (non-hydrogen) atoms. The van der Waals surface area contributed by atoms with Gasteiger partial charge in [0.15, 0.2) is 0 Å². The van der Waals surface area contributed by atoms with Gasteiger partial charge in [-0.1, -0.05) is 18.2 Å². The molecule has 0 bridgehead atoms. The Morgan fingerprint density at radius 3 is 1.75 bits per heavy atom. The zero-order valence-electron chi connectivity index (χ0n) is 19.1. The van der Waals surface area contributed by atoms with Gasteiger partial charge in [-0.15, -0.1) is 0 Å². The molecule has 188 valence electrons. The molecule has 0 unspecified atom stereocenters. The van der Waals surface area contributed by atoms with Crippen LogP contribution in [0, 0.1) is 0 Å². The highest BCUT2D eigenvalue weighted by Crippen LogP contribution is 2.19. The van der Waals surface area contributed by atoms with Gasteiger partial charge in [0.2, 0.25) is 5.91 Å². The Hall–Kier alpha value is -4.36. The van der Waals surface area contributed by atoms with E-state index in [0.29, 0.717) is 17.2 Å². The topological polar surface area (TPSA) is 179 Å². The number of sulfonamides is 2. The van der Waals surface area contributed by atoms with Crippen molar-refractivity contribution in [1.29, 1.82) is 0 Å². The number of nitrogens with one attached hydrogen (secondary N) is 2. The number of nitrogen functional groups attached to an aromatic ring is 2. The Kier molecular flexibility index (Phi) is 7.96. The molecular weight excluding hydrogens is 504 g/mol. The van der Waals surface area contributed by atoms with E-state index in [-0.39, 0.29) is 9.79 Å². The molecule has 11 nitrogen and oxygen atoms in total. The molecule has 1 heterocycles. The summed E-state index contributed by atoms with van der Waals surface area (Å²) < 4.78 is 53.5. The number of carbonyl (C=O) groups excluding carboxylic acids is 1. The second kappa shape index (κ2) is 10.9. The van der Waals surface area contributed by atoms with Crippen molar-refractivity contribution in [1.82, 2.24) is 14.5 Å². The third-order valence-electron chi connectivity index (χ3n) is 4.54. The first-order valence-electron chi connectivity index (χ1n) is 10.3.